The Hall–Kier alpha value is -1.60. The summed E-state index contributed by atoms with van der Waals surface area (Å²) in [5.74, 6) is 0.667. The molecule has 1 aliphatic rings. The van der Waals surface area contributed by atoms with Gasteiger partial charge < -0.3 is 9.64 Å². The number of carbonyl (C=O) groups is 1. The molecule has 7 heteroatoms. The zero-order valence-corrected chi connectivity index (χ0v) is 14.9. The van der Waals surface area contributed by atoms with E-state index in [1.807, 2.05) is 6.92 Å². The zero-order valence-electron chi connectivity index (χ0n) is 14.1. The number of rotatable bonds is 3. The van der Waals surface area contributed by atoms with Gasteiger partial charge >= 0.3 is 0 Å². The fraction of sp³-hybridized carbons (Fsp3) is 0.562. The van der Waals surface area contributed by atoms with E-state index in [2.05, 4.69) is 0 Å². The lowest BCUT2D eigenvalue weighted by molar-refractivity contribution is -0.128. The number of benzene rings is 1. The highest BCUT2D eigenvalue weighted by Gasteiger charge is 2.29. The van der Waals surface area contributed by atoms with Crippen LogP contribution in [0.2, 0.25) is 0 Å². The minimum absolute atomic E-state index is 0.0132. The highest BCUT2D eigenvalue weighted by atomic mass is 32.2. The molecular weight excluding hydrogens is 316 g/mol. The maximum absolute atomic E-state index is 13.0. The van der Waals surface area contributed by atoms with Crippen molar-refractivity contribution in [3.05, 3.63) is 23.3 Å². The molecule has 0 unspecified atom stereocenters. The fourth-order valence-electron chi connectivity index (χ4n) is 2.86. The van der Waals surface area contributed by atoms with Crippen molar-refractivity contribution >= 4 is 15.9 Å². The molecule has 1 amide bonds. The summed E-state index contributed by atoms with van der Waals surface area (Å²) in [6.07, 6.45) is 0.646. The fourth-order valence-corrected chi connectivity index (χ4v) is 4.61. The van der Waals surface area contributed by atoms with Gasteiger partial charge in [0, 0.05) is 33.1 Å². The number of ether oxygens (including phenoxy) is 1. The molecule has 1 aliphatic heterocycles. The van der Waals surface area contributed by atoms with Gasteiger partial charge in [-0.2, -0.15) is 4.31 Å². The summed E-state index contributed by atoms with van der Waals surface area (Å²) in [7, 11) is -2.00. The third-order valence-electron chi connectivity index (χ3n) is 4.43. The van der Waals surface area contributed by atoms with Gasteiger partial charge in [-0.25, -0.2) is 8.42 Å². The van der Waals surface area contributed by atoms with Crippen LogP contribution in [0.1, 0.15) is 24.5 Å². The molecule has 23 heavy (non-hydrogen) atoms. The lowest BCUT2D eigenvalue weighted by atomic mass is 10.1. The van der Waals surface area contributed by atoms with Crippen LogP contribution >= 0.6 is 0 Å². The molecule has 0 bridgehead atoms. The minimum Gasteiger partial charge on any atom is -0.496 e. The smallest absolute Gasteiger partial charge is 0.243 e. The first-order valence-electron chi connectivity index (χ1n) is 7.69. The first-order chi connectivity index (χ1) is 10.8. The molecule has 6 nitrogen and oxygen atoms in total. The number of hydrogen-bond acceptors (Lipinski definition) is 4. The van der Waals surface area contributed by atoms with Crippen molar-refractivity contribution in [2.75, 3.05) is 33.3 Å². The van der Waals surface area contributed by atoms with E-state index in [4.69, 9.17) is 4.74 Å². The summed E-state index contributed by atoms with van der Waals surface area (Å²) in [5, 5.41) is 0. The van der Waals surface area contributed by atoms with Crippen molar-refractivity contribution in [1.82, 2.24) is 9.21 Å². The van der Waals surface area contributed by atoms with Gasteiger partial charge in [0.1, 0.15) is 5.75 Å². The van der Waals surface area contributed by atoms with Crippen LogP contribution in [-0.4, -0.2) is 56.8 Å². The van der Waals surface area contributed by atoms with E-state index in [9.17, 15) is 13.2 Å². The number of sulfonamides is 1. The maximum atomic E-state index is 13.0. The third-order valence-corrected chi connectivity index (χ3v) is 6.47. The number of hydrogen-bond donors (Lipinski definition) is 0. The van der Waals surface area contributed by atoms with E-state index < -0.39 is 10.0 Å². The first kappa shape index (κ1) is 17.7. The topological polar surface area (TPSA) is 66.9 Å². The van der Waals surface area contributed by atoms with E-state index in [0.29, 0.717) is 48.8 Å². The van der Waals surface area contributed by atoms with Crippen LogP contribution in [0.3, 0.4) is 0 Å². The van der Waals surface area contributed by atoms with Crippen molar-refractivity contribution in [3.63, 3.8) is 0 Å². The molecule has 1 saturated heterocycles. The molecule has 0 aliphatic carbocycles. The molecule has 1 fully saturated rings. The molecule has 0 radical (unpaired) electrons. The van der Waals surface area contributed by atoms with Gasteiger partial charge in [-0.3, -0.25) is 4.79 Å². The predicted octanol–water partition coefficient (Wildman–Crippen LogP) is 1.55. The van der Waals surface area contributed by atoms with E-state index in [0.717, 1.165) is 5.56 Å². The largest absolute Gasteiger partial charge is 0.496 e. The number of methoxy groups -OCH3 is 1. The second-order valence-electron chi connectivity index (χ2n) is 5.78. The number of carbonyl (C=O) groups excluding carboxylic acids is 1. The molecule has 128 valence electrons. The Morgan fingerprint density at radius 3 is 2.39 bits per heavy atom. The molecule has 1 aromatic carbocycles. The molecule has 0 spiro atoms. The van der Waals surface area contributed by atoms with Crippen molar-refractivity contribution in [1.29, 1.82) is 0 Å². The number of amides is 1. The molecule has 0 saturated carbocycles. The van der Waals surface area contributed by atoms with Crippen LogP contribution in [0.15, 0.2) is 17.0 Å². The normalized spacial score (nSPS) is 17.0. The summed E-state index contributed by atoms with van der Waals surface area (Å²) < 4.78 is 32.7. The SMILES string of the molecule is COc1ccc(S(=O)(=O)N2CCCN(C(C)=O)CC2)c(C)c1C. The molecule has 1 aromatic rings. The molecule has 1 heterocycles. The van der Waals surface area contributed by atoms with Crippen molar-refractivity contribution < 1.29 is 17.9 Å². The summed E-state index contributed by atoms with van der Waals surface area (Å²) in [5.41, 5.74) is 1.53. The third kappa shape index (κ3) is 3.50. The Morgan fingerprint density at radius 1 is 1.09 bits per heavy atom. The average molecular weight is 340 g/mol. The zero-order chi connectivity index (χ0) is 17.2. The van der Waals surface area contributed by atoms with Gasteiger partial charge in [0.15, 0.2) is 0 Å². The van der Waals surface area contributed by atoms with Crippen LogP contribution in [0.5, 0.6) is 5.75 Å². The van der Waals surface area contributed by atoms with Crippen LogP contribution in [0, 0.1) is 13.8 Å². The Kier molecular flexibility index (Phi) is 5.31. The molecule has 0 aromatic heterocycles. The Balaban J connectivity index is 2.32. The van der Waals surface area contributed by atoms with Crippen LogP contribution in [0.4, 0.5) is 0 Å². The van der Waals surface area contributed by atoms with E-state index >= 15 is 0 Å². The van der Waals surface area contributed by atoms with E-state index in [1.54, 1.807) is 31.1 Å². The molecule has 0 atom stereocenters. The Morgan fingerprint density at radius 2 is 1.78 bits per heavy atom. The van der Waals surface area contributed by atoms with E-state index in [1.165, 1.54) is 11.2 Å². The van der Waals surface area contributed by atoms with Gasteiger partial charge in [0.05, 0.1) is 12.0 Å². The maximum Gasteiger partial charge on any atom is 0.243 e. The lowest BCUT2D eigenvalue weighted by Crippen LogP contribution is -2.36. The van der Waals surface area contributed by atoms with Crippen molar-refractivity contribution in [2.45, 2.75) is 32.1 Å². The lowest BCUT2D eigenvalue weighted by Gasteiger charge is -2.22. The van der Waals surface area contributed by atoms with Crippen molar-refractivity contribution in [3.8, 4) is 5.75 Å². The van der Waals surface area contributed by atoms with E-state index in [-0.39, 0.29) is 5.91 Å². The van der Waals surface area contributed by atoms with Crippen molar-refractivity contribution in [2.24, 2.45) is 0 Å². The van der Waals surface area contributed by atoms with Crippen LogP contribution in [0.25, 0.3) is 0 Å². The van der Waals surface area contributed by atoms with Crippen LogP contribution < -0.4 is 4.74 Å². The van der Waals surface area contributed by atoms with Gasteiger partial charge in [0.2, 0.25) is 15.9 Å². The van der Waals surface area contributed by atoms with Gasteiger partial charge in [-0.05, 0) is 43.5 Å². The van der Waals surface area contributed by atoms with Crippen LogP contribution in [-0.2, 0) is 14.8 Å². The highest BCUT2D eigenvalue weighted by molar-refractivity contribution is 7.89. The van der Waals surface area contributed by atoms with Gasteiger partial charge in [-0.15, -0.1) is 0 Å². The second kappa shape index (κ2) is 6.88. The van der Waals surface area contributed by atoms with Gasteiger partial charge in [0.25, 0.3) is 0 Å². The summed E-state index contributed by atoms with van der Waals surface area (Å²) >= 11 is 0. The predicted molar refractivity (Wildman–Crippen MR) is 88.1 cm³/mol. The summed E-state index contributed by atoms with van der Waals surface area (Å²) in [4.78, 5) is 13.5. The average Bonchev–Trinajstić information content (AvgIpc) is 2.76. The first-order valence-corrected chi connectivity index (χ1v) is 9.13. The molecular formula is C16H24N2O4S. The quantitative estimate of drug-likeness (QED) is 0.837. The minimum atomic E-state index is -3.57. The Labute approximate surface area is 138 Å². The molecule has 2 rings (SSSR count). The summed E-state index contributed by atoms with van der Waals surface area (Å²) in [6.45, 7) is 6.95. The van der Waals surface area contributed by atoms with Gasteiger partial charge in [-0.1, -0.05) is 0 Å². The Bertz CT molecular complexity index is 700. The highest BCUT2D eigenvalue weighted by Crippen LogP contribution is 2.29. The summed E-state index contributed by atoms with van der Waals surface area (Å²) in [6, 6.07) is 3.29. The number of nitrogens with zero attached hydrogens (tertiary/aromatic N) is 2. The standard InChI is InChI=1S/C16H24N2O4S/c1-12-13(2)16(7-6-15(12)22-4)23(20,21)18-9-5-8-17(10-11-18)14(3)19/h6-7H,5,8-11H2,1-4H3. The second-order valence-corrected chi connectivity index (χ2v) is 7.69. The molecule has 0 N–H and O–H groups in total. The monoisotopic (exact) mass is 340 g/mol.